The van der Waals surface area contributed by atoms with Gasteiger partial charge in [-0.05, 0) is 43.2 Å². The van der Waals surface area contributed by atoms with Crippen molar-refractivity contribution in [1.82, 2.24) is 0 Å². The number of benzene rings is 2. The van der Waals surface area contributed by atoms with Crippen LogP contribution in [0.25, 0.3) is 11.1 Å². The Morgan fingerprint density at radius 1 is 1.00 bits per heavy atom. The second-order valence-electron chi connectivity index (χ2n) is 4.44. The van der Waals surface area contributed by atoms with Gasteiger partial charge in [-0.2, -0.15) is 0 Å². The van der Waals surface area contributed by atoms with Gasteiger partial charge in [-0.3, -0.25) is 0 Å². The van der Waals surface area contributed by atoms with Crippen LogP contribution >= 0.6 is 0 Å². The van der Waals surface area contributed by atoms with Gasteiger partial charge in [0.25, 0.3) is 0 Å². The van der Waals surface area contributed by atoms with Crippen LogP contribution < -0.4 is 11.5 Å². The maximum Gasteiger partial charge on any atom is 0.146 e. The Balaban J connectivity index is 2.81. The molecule has 94 valence electrons. The lowest BCUT2D eigenvalue weighted by molar-refractivity contribution is 0.476. The fraction of sp³-hybridized carbons (Fsp3) is 0.143. The zero-order valence-corrected chi connectivity index (χ0v) is 10.4. The van der Waals surface area contributed by atoms with Crippen LogP contribution in [0.4, 0.5) is 11.4 Å². The largest absolute Gasteiger partial charge is 0.506 e. The third kappa shape index (κ3) is 1.82. The Labute approximate surface area is 105 Å². The van der Waals surface area contributed by atoms with E-state index < -0.39 is 0 Å². The van der Waals surface area contributed by atoms with Gasteiger partial charge in [0.2, 0.25) is 0 Å². The van der Waals surface area contributed by atoms with E-state index >= 15 is 0 Å². The lowest BCUT2D eigenvalue weighted by atomic mass is 9.95. The van der Waals surface area contributed by atoms with Gasteiger partial charge >= 0.3 is 0 Å². The lowest BCUT2D eigenvalue weighted by Gasteiger charge is -2.14. The molecule has 0 saturated carbocycles. The first-order chi connectivity index (χ1) is 8.41. The molecule has 0 atom stereocenters. The predicted octanol–water partition coefficient (Wildman–Crippen LogP) is 2.55. The topological polar surface area (TPSA) is 92.5 Å². The molecule has 2 aromatic rings. The molecule has 2 rings (SSSR count). The fourth-order valence-electron chi connectivity index (χ4n) is 2.03. The normalized spacial score (nSPS) is 10.6. The van der Waals surface area contributed by atoms with Crippen molar-refractivity contribution in [1.29, 1.82) is 0 Å². The van der Waals surface area contributed by atoms with Gasteiger partial charge in [0.1, 0.15) is 11.5 Å². The molecule has 0 radical (unpaired) electrons. The molecule has 4 heteroatoms. The van der Waals surface area contributed by atoms with Crippen molar-refractivity contribution in [2.75, 3.05) is 11.5 Å². The summed E-state index contributed by atoms with van der Waals surface area (Å²) < 4.78 is 0. The predicted molar refractivity (Wildman–Crippen MR) is 73.5 cm³/mol. The number of aryl methyl sites for hydroxylation is 2. The Morgan fingerprint density at radius 3 is 2.33 bits per heavy atom. The molecular formula is C14H16N2O2. The third-order valence-corrected chi connectivity index (χ3v) is 2.99. The summed E-state index contributed by atoms with van der Waals surface area (Å²) in [5.41, 5.74) is 15.0. The molecule has 0 aliphatic carbocycles. The van der Waals surface area contributed by atoms with Gasteiger partial charge < -0.3 is 21.7 Å². The molecule has 0 aliphatic rings. The maximum absolute atomic E-state index is 10.1. The van der Waals surface area contributed by atoms with Crippen LogP contribution in [0.1, 0.15) is 11.1 Å². The van der Waals surface area contributed by atoms with Crippen molar-refractivity contribution in [3.8, 4) is 22.6 Å². The van der Waals surface area contributed by atoms with E-state index in [4.69, 9.17) is 11.5 Å². The Kier molecular flexibility index (Phi) is 2.79. The first-order valence-electron chi connectivity index (χ1n) is 5.59. The number of nitrogen functional groups attached to an aromatic ring is 2. The van der Waals surface area contributed by atoms with E-state index in [0.717, 1.165) is 11.1 Å². The summed E-state index contributed by atoms with van der Waals surface area (Å²) in [5, 5.41) is 19.8. The smallest absolute Gasteiger partial charge is 0.146 e. The van der Waals surface area contributed by atoms with Crippen LogP contribution in [0, 0.1) is 13.8 Å². The molecule has 2 aromatic carbocycles. The number of anilines is 2. The van der Waals surface area contributed by atoms with Crippen LogP contribution in [-0.4, -0.2) is 10.2 Å². The van der Waals surface area contributed by atoms with E-state index in [2.05, 4.69) is 0 Å². The van der Waals surface area contributed by atoms with Gasteiger partial charge in [0, 0.05) is 11.1 Å². The highest BCUT2D eigenvalue weighted by Gasteiger charge is 2.15. The van der Waals surface area contributed by atoms with E-state index in [1.165, 1.54) is 0 Å². The minimum atomic E-state index is -0.00769. The molecule has 0 aliphatic heterocycles. The van der Waals surface area contributed by atoms with Gasteiger partial charge in [-0.25, -0.2) is 0 Å². The average Bonchev–Trinajstić information content (AvgIpc) is 2.30. The molecule has 4 nitrogen and oxygen atoms in total. The first kappa shape index (κ1) is 12.1. The zero-order chi connectivity index (χ0) is 13.4. The van der Waals surface area contributed by atoms with Gasteiger partial charge in [0.05, 0.1) is 11.4 Å². The summed E-state index contributed by atoms with van der Waals surface area (Å²) in [6, 6.07) is 6.84. The van der Waals surface area contributed by atoms with Crippen molar-refractivity contribution in [2.45, 2.75) is 13.8 Å². The number of hydrogen-bond acceptors (Lipinski definition) is 4. The minimum Gasteiger partial charge on any atom is -0.506 e. The number of phenols is 2. The molecule has 18 heavy (non-hydrogen) atoms. The second kappa shape index (κ2) is 4.14. The Hall–Kier alpha value is -2.36. The van der Waals surface area contributed by atoms with Gasteiger partial charge in [-0.15, -0.1) is 0 Å². The lowest BCUT2D eigenvalue weighted by Crippen LogP contribution is -1.96. The average molecular weight is 244 g/mol. The maximum atomic E-state index is 10.1. The summed E-state index contributed by atoms with van der Waals surface area (Å²) >= 11 is 0. The summed E-state index contributed by atoms with van der Waals surface area (Å²) in [6.45, 7) is 3.70. The third-order valence-electron chi connectivity index (χ3n) is 2.99. The standard InChI is InChI=1S/C14H16N2O2/c1-7-5-9(13(16)11(17)6-7)12-8(2)3-4-10(15)14(12)18/h3-6,17-18H,15-16H2,1-2H3. The Morgan fingerprint density at radius 2 is 1.67 bits per heavy atom. The number of phenolic OH excluding ortho intramolecular Hbond substituents is 2. The quantitative estimate of drug-likeness (QED) is 0.458. The van der Waals surface area contributed by atoms with E-state index in [9.17, 15) is 10.2 Å². The van der Waals surface area contributed by atoms with Crippen molar-refractivity contribution < 1.29 is 10.2 Å². The van der Waals surface area contributed by atoms with E-state index in [1.807, 2.05) is 26.0 Å². The summed E-state index contributed by atoms with van der Waals surface area (Å²) in [4.78, 5) is 0. The number of aromatic hydroxyl groups is 2. The fourth-order valence-corrected chi connectivity index (χ4v) is 2.03. The van der Waals surface area contributed by atoms with Crippen molar-refractivity contribution in [3.05, 3.63) is 35.4 Å². The molecule has 0 fully saturated rings. The van der Waals surface area contributed by atoms with Crippen LogP contribution in [0.3, 0.4) is 0 Å². The van der Waals surface area contributed by atoms with Crippen LogP contribution in [-0.2, 0) is 0 Å². The Bertz CT molecular complexity index is 622. The van der Waals surface area contributed by atoms with Crippen LogP contribution in [0.15, 0.2) is 24.3 Å². The molecule has 0 aromatic heterocycles. The molecule has 0 saturated heterocycles. The molecular weight excluding hydrogens is 228 g/mol. The molecule has 0 spiro atoms. The van der Waals surface area contributed by atoms with Crippen molar-refractivity contribution in [3.63, 3.8) is 0 Å². The molecule has 0 amide bonds. The zero-order valence-electron chi connectivity index (χ0n) is 10.4. The second-order valence-corrected chi connectivity index (χ2v) is 4.44. The number of hydrogen-bond donors (Lipinski definition) is 4. The highest BCUT2D eigenvalue weighted by atomic mass is 16.3. The van der Waals surface area contributed by atoms with Crippen molar-refractivity contribution >= 4 is 11.4 Å². The molecule has 0 unspecified atom stereocenters. The van der Waals surface area contributed by atoms with E-state index in [1.54, 1.807) is 12.1 Å². The molecule has 6 N–H and O–H groups in total. The highest BCUT2D eigenvalue weighted by molar-refractivity contribution is 5.88. The first-order valence-corrected chi connectivity index (χ1v) is 5.59. The van der Waals surface area contributed by atoms with Crippen LogP contribution in [0.5, 0.6) is 11.5 Å². The SMILES string of the molecule is Cc1cc(O)c(N)c(-c2c(C)ccc(N)c2O)c1. The highest BCUT2D eigenvalue weighted by Crippen LogP contribution is 2.42. The van der Waals surface area contributed by atoms with E-state index in [-0.39, 0.29) is 22.9 Å². The molecule has 0 heterocycles. The number of rotatable bonds is 1. The van der Waals surface area contributed by atoms with Crippen LogP contribution in [0.2, 0.25) is 0 Å². The summed E-state index contributed by atoms with van der Waals surface area (Å²) in [5.74, 6) is -0.00192. The summed E-state index contributed by atoms with van der Waals surface area (Å²) in [7, 11) is 0. The molecule has 0 bridgehead atoms. The van der Waals surface area contributed by atoms with Gasteiger partial charge in [0.15, 0.2) is 0 Å². The van der Waals surface area contributed by atoms with E-state index in [0.29, 0.717) is 11.1 Å². The van der Waals surface area contributed by atoms with Gasteiger partial charge in [-0.1, -0.05) is 6.07 Å². The summed E-state index contributed by atoms with van der Waals surface area (Å²) in [6.07, 6.45) is 0. The minimum absolute atomic E-state index is 0.00576. The monoisotopic (exact) mass is 244 g/mol. The number of nitrogens with two attached hydrogens (primary N) is 2. The van der Waals surface area contributed by atoms with Crippen molar-refractivity contribution in [2.24, 2.45) is 0 Å².